The lowest BCUT2D eigenvalue weighted by molar-refractivity contribution is 0.669. The number of aromatic nitrogens is 1. The number of hydrogen-bond donors (Lipinski definition) is 0. The van der Waals surface area contributed by atoms with Crippen molar-refractivity contribution in [2.75, 3.05) is 0 Å². The number of furan rings is 1. The van der Waals surface area contributed by atoms with Gasteiger partial charge in [0.05, 0.1) is 11.0 Å². The summed E-state index contributed by atoms with van der Waals surface area (Å²) < 4.78 is 8.89. The molecule has 7 aromatic carbocycles. The molecule has 0 spiro atoms. The molecule has 9 rings (SSSR count). The highest BCUT2D eigenvalue weighted by Gasteiger charge is 2.43. The fraction of sp³-hybridized carbons (Fsp3) is 0. The number of benzene rings is 7. The molecule has 9 aromatic rings. The van der Waals surface area contributed by atoms with Crippen molar-refractivity contribution in [1.29, 1.82) is 0 Å². The van der Waals surface area contributed by atoms with Crippen LogP contribution in [0, 0.1) is 0 Å². The minimum Gasteiger partial charge on any atom is -0.456 e. The van der Waals surface area contributed by atoms with Crippen LogP contribution in [0.4, 0.5) is 0 Å². The van der Waals surface area contributed by atoms with E-state index in [-0.39, 0.29) is 0 Å². The average molecular weight is 592 g/mol. The second kappa shape index (κ2) is 10.2. The third-order valence-electron chi connectivity index (χ3n) is 9.34. The normalized spacial score (nSPS) is 12.0. The minimum atomic E-state index is -2.89. The number of hydrogen-bond acceptors (Lipinski definition) is 1. The third-order valence-corrected chi connectivity index (χ3v) is 14.1. The molecule has 0 atom stereocenters. The van der Waals surface area contributed by atoms with Crippen LogP contribution in [0.2, 0.25) is 0 Å². The predicted molar refractivity (Wildman–Crippen MR) is 192 cm³/mol. The van der Waals surface area contributed by atoms with Crippen LogP contribution in [0.5, 0.6) is 0 Å². The van der Waals surface area contributed by atoms with Gasteiger partial charge in [0.25, 0.3) is 0 Å². The molecule has 0 aliphatic carbocycles. The Hall–Kier alpha value is -5.64. The van der Waals surface area contributed by atoms with Crippen molar-refractivity contribution < 1.29 is 4.42 Å². The van der Waals surface area contributed by atoms with Crippen molar-refractivity contribution in [3.05, 3.63) is 176 Å². The average Bonchev–Trinajstić information content (AvgIpc) is 3.66. The Kier molecular flexibility index (Phi) is 5.87. The van der Waals surface area contributed by atoms with E-state index in [1.165, 1.54) is 53.6 Å². The molecule has 0 saturated carbocycles. The van der Waals surface area contributed by atoms with Gasteiger partial charge in [-0.05, 0) is 57.1 Å². The number of rotatable bonds is 5. The first-order valence-electron chi connectivity index (χ1n) is 15.4. The van der Waals surface area contributed by atoms with Gasteiger partial charge in [-0.1, -0.05) is 140 Å². The molecule has 2 aromatic heterocycles. The molecule has 0 N–H and O–H groups in total. The fourth-order valence-corrected chi connectivity index (χ4v) is 12.5. The maximum absolute atomic E-state index is 6.49. The van der Waals surface area contributed by atoms with Crippen LogP contribution < -0.4 is 20.7 Å². The highest BCUT2D eigenvalue weighted by molar-refractivity contribution is 7.21. The second-order valence-corrected chi connectivity index (χ2v) is 15.4. The van der Waals surface area contributed by atoms with Gasteiger partial charge < -0.3 is 8.98 Å². The zero-order valence-corrected chi connectivity index (χ0v) is 25.6. The highest BCUT2D eigenvalue weighted by atomic mass is 28.3. The first kappa shape index (κ1) is 25.8. The quantitative estimate of drug-likeness (QED) is 0.146. The van der Waals surface area contributed by atoms with Gasteiger partial charge in [0, 0.05) is 27.2 Å². The Labute approximate surface area is 262 Å². The summed E-state index contributed by atoms with van der Waals surface area (Å²) in [6, 6.07) is 64.1. The summed E-state index contributed by atoms with van der Waals surface area (Å²) in [5.41, 5.74) is 5.44. The lowest BCUT2D eigenvalue weighted by atomic mass is 10.1. The van der Waals surface area contributed by atoms with E-state index in [1.807, 2.05) is 0 Å². The first-order valence-corrected chi connectivity index (χ1v) is 17.4. The maximum Gasteiger partial charge on any atom is 0.180 e. The lowest BCUT2D eigenvalue weighted by Crippen LogP contribution is -2.74. The molecule has 0 aliphatic heterocycles. The van der Waals surface area contributed by atoms with Gasteiger partial charge >= 0.3 is 0 Å². The Bertz CT molecular complexity index is 2440. The second-order valence-electron chi connectivity index (χ2n) is 11.7. The molecule has 0 aliphatic rings. The zero-order valence-electron chi connectivity index (χ0n) is 24.6. The van der Waals surface area contributed by atoms with Crippen LogP contribution in [-0.2, 0) is 0 Å². The molecular formula is C42H29NOSi. The van der Waals surface area contributed by atoms with Crippen molar-refractivity contribution in [3.63, 3.8) is 0 Å². The first-order chi connectivity index (χ1) is 22.3. The summed E-state index contributed by atoms with van der Waals surface area (Å²) in [5, 5.41) is 10.3. The van der Waals surface area contributed by atoms with Crippen LogP contribution in [0.1, 0.15) is 0 Å². The van der Waals surface area contributed by atoms with Gasteiger partial charge in [0.2, 0.25) is 0 Å². The molecule has 212 valence electrons. The van der Waals surface area contributed by atoms with E-state index in [4.69, 9.17) is 4.42 Å². The summed E-state index contributed by atoms with van der Waals surface area (Å²) in [4.78, 5) is 0. The van der Waals surface area contributed by atoms with Gasteiger partial charge in [-0.2, -0.15) is 0 Å². The molecule has 3 heteroatoms. The molecule has 0 amide bonds. The van der Waals surface area contributed by atoms with Gasteiger partial charge in [-0.25, -0.2) is 0 Å². The molecule has 0 unspecified atom stereocenters. The van der Waals surface area contributed by atoms with Gasteiger partial charge in [0.1, 0.15) is 11.2 Å². The molecule has 2 heterocycles. The third kappa shape index (κ3) is 3.81. The van der Waals surface area contributed by atoms with Gasteiger partial charge in [-0.3, -0.25) is 0 Å². The van der Waals surface area contributed by atoms with Gasteiger partial charge in [-0.15, -0.1) is 0 Å². The van der Waals surface area contributed by atoms with Crippen LogP contribution in [0.3, 0.4) is 0 Å². The summed E-state index contributed by atoms with van der Waals surface area (Å²) >= 11 is 0. The van der Waals surface area contributed by atoms with E-state index < -0.39 is 8.07 Å². The summed E-state index contributed by atoms with van der Waals surface area (Å²) in [6.45, 7) is 0. The fourth-order valence-electron chi connectivity index (χ4n) is 7.49. The Morgan fingerprint density at radius 2 is 0.978 bits per heavy atom. The Morgan fingerprint density at radius 3 is 1.71 bits per heavy atom. The number of nitrogens with zero attached hydrogens (tertiary/aromatic N) is 1. The van der Waals surface area contributed by atoms with Crippen molar-refractivity contribution in [2.45, 2.75) is 0 Å². The molecular weight excluding hydrogens is 563 g/mol. The number of para-hydroxylation sites is 3. The molecule has 2 nitrogen and oxygen atoms in total. The summed E-state index contributed by atoms with van der Waals surface area (Å²) in [5.74, 6) is 0. The maximum atomic E-state index is 6.49. The SMILES string of the molecule is c1ccc(-n2c3ccccc3c3cc([Si](c4ccccc4)(c4ccccc4)c4cccc5oc6ccccc6c45)ccc32)cc1. The molecule has 0 fully saturated rings. The van der Waals surface area contributed by atoms with Crippen LogP contribution in [0.15, 0.2) is 180 Å². The largest absolute Gasteiger partial charge is 0.456 e. The molecule has 0 bridgehead atoms. The highest BCUT2D eigenvalue weighted by Crippen LogP contribution is 2.33. The van der Waals surface area contributed by atoms with Crippen LogP contribution in [-0.4, -0.2) is 12.6 Å². The van der Waals surface area contributed by atoms with Crippen molar-refractivity contribution in [1.82, 2.24) is 4.57 Å². The molecule has 0 radical (unpaired) electrons. The van der Waals surface area contributed by atoms with Crippen LogP contribution >= 0.6 is 0 Å². The predicted octanol–water partition coefficient (Wildman–Crippen LogP) is 8.06. The van der Waals surface area contributed by atoms with Crippen LogP contribution in [0.25, 0.3) is 49.4 Å². The topological polar surface area (TPSA) is 18.1 Å². The lowest BCUT2D eigenvalue weighted by Gasteiger charge is -2.35. The van der Waals surface area contributed by atoms with E-state index in [0.29, 0.717) is 0 Å². The van der Waals surface area contributed by atoms with Crippen molar-refractivity contribution in [3.8, 4) is 5.69 Å². The summed E-state index contributed by atoms with van der Waals surface area (Å²) in [7, 11) is -2.89. The molecule has 45 heavy (non-hydrogen) atoms. The monoisotopic (exact) mass is 591 g/mol. The molecule has 0 saturated heterocycles. The van der Waals surface area contributed by atoms with E-state index in [9.17, 15) is 0 Å². The van der Waals surface area contributed by atoms with E-state index in [0.717, 1.165) is 16.6 Å². The smallest absolute Gasteiger partial charge is 0.180 e. The Morgan fingerprint density at radius 1 is 0.400 bits per heavy atom. The van der Waals surface area contributed by atoms with Gasteiger partial charge in [0.15, 0.2) is 8.07 Å². The Balaban J connectivity index is 1.46. The van der Waals surface area contributed by atoms with Crippen molar-refractivity contribution in [2.24, 2.45) is 0 Å². The number of fused-ring (bicyclic) bond motifs is 6. The van der Waals surface area contributed by atoms with E-state index in [1.54, 1.807) is 0 Å². The van der Waals surface area contributed by atoms with E-state index >= 15 is 0 Å². The van der Waals surface area contributed by atoms with Crippen molar-refractivity contribution >= 4 is 72.6 Å². The minimum absolute atomic E-state index is 0.922. The summed E-state index contributed by atoms with van der Waals surface area (Å²) in [6.07, 6.45) is 0. The zero-order chi connectivity index (χ0) is 29.8. The standard InChI is InChI=1S/C42H29NOSi/c1-4-15-30(16-5-1)43-37-23-12-10-21-34(37)36-29-33(27-28-38(36)43)45(31-17-6-2-7-18-31,32-19-8-3-9-20-32)41-26-14-25-40-42(41)35-22-11-13-24-39(35)44-40/h1-29H. The van der Waals surface area contributed by atoms with E-state index in [2.05, 4.69) is 180 Å².